The molecule has 2 amide bonds. The summed E-state index contributed by atoms with van der Waals surface area (Å²) in [7, 11) is 0. The van der Waals surface area contributed by atoms with E-state index in [9.17, 15) is 14.4 Å². The lowest BCUT2D eigenvalue weighted by Crippen LogP contribution is -2.62. The van der Waals surface area contributed by atoms with E-state index in [0.29, 0.717) is 19.4 Å². The monoisotopic (exact) mass is 465 g/mol. The number of hydrogen-bond donors (Lipinski definition) is 2. The molecule has 0 spiro atoms. The van der Waals surface area contributed by atoms with Crippen LogP contribution in [0, 0.1) is 0 Å². The fourth-order valence-corrected chi connectivity index (χ4v) is 4.80. The highest BCUT2D eigenvalue weighted by molar-refractivity contribution is 5.95. The molecule has 1 heterocycles. The van der Waals surface area contributed by atoms with Gasteiger partial charge in [-0.15, -0.1) is 0 Å². The van der Waals surface area contributed by atoms with Gasteiger partial charge >= 0.3 is 6.09 Å². The zero-order chi connectivity index (χ0) is 24.8. The van der Waals surface area contributed by atoms with E-state index in [-0.39, 0.29) is 24.3 Å². The Hall–Kier alpha value is -3.19. The van der Waals surface area contributed by atoms with Crippen molar-refractivity contribution >= 4 is 17.8 Å². The number of ether oxygens (including phenoxy) is 1. The maximum atomic E-state index is 13.6. The van der Waals surface area contributed by atoms with Crippen LogP contribution in [-0.2, 0) is 27.4 Å². The SMILES string of the molecule is CC(C)(C)N1CCC[C@@]1(CC(=O)[C@H](Cc1ccccc1)NC(=O)OCc1ccccc1)C(N)=O. The minimum absolute atomic E-state index is 0.0595. The zero-order valence-electron chi connectivity index (χ0n) is 20.3. The van der Waals surface area contributed by atoms with Gasteiger partial charge in [-0.05, 0) is 57.7 Å². The zero-order valence-corrected chi connectivity index (χ0v) is 20.3. The molecule has 0 bridgehead atoms. The summed E-state index contributed by atoms with van der Waals surface area (Å²) in [5.41, 5.74) is 6.24. The number of amides is 2. The standard InChI is InChI=1S/C27H35N3O4/c1-26(2,3)30-16-10-15-27(30,24(28)32)18-23(31)22(17-20-11-6-4-7-12-20)29-25(33)34-19-21-13-8-5-9-14-21/h4-9,11-14,22H,10,15-19H2,1-3H3,(H2,28,32)(H,29,33)/t22-,27+/m0/s1. The predicted molar refractivity (Wildman–Crippen MR) is 131 cm³/mol. The van der Waals surface area contributed by atoms with Crippen LogP contribution < -0.4 is 11.1 Å². The van der Waals surface area contributed by atoms with Crippen LogP contribution in [0.3, 0.4) is 0 Å². The molecule has 1 saturated heterocycles. The Labute approximate surface area is 201 Å². The molecule has 0 radical (unpaired) electrons. The van der Waals surface area contributed by atoms with Gasteiger partial charge in [0.05, 0.1) is 6.04 Å². The Morgan fingerprint density at radius 3 is 2.18 bits per heavy atom. The number of primary amides is 1. The van der Waals surface area contributed by atoms with E-state index in [1.807, 2.05) is 86.3 Å². The van der Waals surface area contributed by atoms with Crippen molar-refractivity contribution in [3.05, 3.63) is 71.8 Å². The van der Waals surface area contributed by atoms with Crippen molar-refractivity contribution in [3.8, 4) is 0 Å². The Morgan fingerprint density at radius 2 is 1.62 bits per heavy atom. The van der Waals surface area contributed by atoms with Gasteiger partial charge in [0.15, 0.2) is 5.78 Å². The summed E-state index contributed by atoms with van der Waals surface area (Å²) < 4.78 is 5.36. The maximum absolute atomic E-state index is 13.6. The number of benzene rings is 2. The Balaban J connectivity index is 1.78. The van der Waals surface area contributed by atoms with Gasteiger partial charge in [0.1, 0.15) is 12.1 Å². The Kier molecular flexibility index (Phi) is 8.10. The highest BCUT2D eigenvalue weighted by atomic mass is 16.5. The number of nitrogens with two attached hydrogens (primary N) is 1. The highest BCUT2D eigenvalue weighted by Crippen LogP contribution is 2.38. The number of carbonyl (C=O) groups is 3. The smallest absolute Gasteiger partial charge is 0.408 e. The molecule has 0 aromatic heterocycles. The van der Waals surface area contributed by atoms with Crippen molar-refractivity contribution < 1.29 is 19.1 Å². The molecular formula is C27H35N3O4. The highest BCUT2D eigenvalue weighted by Gasteiger charge is 2.51. The van der Waals surface area contributed by atoms with Gasteiger partial charge in [-0.1, -0.05) is 60.7 Å². The number of rotatable bonds is 9. The molecule has 0 aliphatic carbocycles. The summed E-state index contributed by atoms with van der Waals surface area (Å²) in [6, 6.07) is 18.0. The van der Waals surface area contributed by atoms with E-state index >= 15 is 0 Å². The van der Waals surface area contributed by atoms with Gasteiger partial charge in [-0.3, -0.25) is 14.5 Å². The third-order valence-corrected chi connectivity index (χ3v) is 6.40. The summed E-state index contributed by atoms with van der Waals surface area (Å²) in [4.78, 5) is 40.9. The first kappa shape index (κ1) is 25.4. The maximum Gasteiger partial charge on any atom is 0.408 e. The van der Waals surface area contributed by atoms with Crippen LogP contribution in [0.2, 0.25) is 0 Å². The molecule has 0 unspecified atom stereocenters. The molecule has 1 aliphatic rings. The fourth-order valence-electron chi connectivity index (χ4n) is 4.80. The predicted octanol–water partition coefficient (Wildman–Crippen LogP) is 3.60. The Morgan fingerprint density at radius 1 is 1.03 bits per heavy atom. The molecule has 182 valence electrons. The van der Waals surface area contributed by atoms with E-state index in [1.54, 1.807) is 0 Å². The van der Waals surface area contributed by atoms with Gasteiger partial charge in [0, 0.05) is 12.0 Å². The number of alkyl carbamates (subject to hydrolysis) is 1. The normalized spacial score (nSPS) is 19.4. The topological polar surface area (TPSA) is 102 Å². The van der Waals surface area contributed by atoms with Crippen molar-refractivity contribution in [2.45, 2.75) is 70.2 Å². The van der Waals surface area contributed by atoms with E-state index in [0.717, 1.165) is 17.5 Å². The summed E-state index contributed by atoms with van der Waals surface area (Å²) in [6.07, 6.45) is 0.858. The average molecular weight is 466 g/mol. The van der Waals surface area contributed by atoms with E-state index in [4.69, 9.17) is 10.5 Å². The van der Waals surface area contributed by atoms with Crippen molar-refractivity contribution in [3.63, 3.8) is 0 Å². The van der Waals surface area contributed by atoms with Crippen molar-refractivity contribution in [1.29, 1.82) is 0 Å². The summed E-state index contributed by atoms with van der Waals surface area (Å²) >= 11 is 0. The van der Waals surface area contributed by atoms with Gasteiger partial charge < -0.3 is 15.8 Å². The van der Waals surface area contributed by atoms with Crippen molar-refractivity contribution in [2.24, 2.45) is 5.73 Å². The average Bonchev–Trinajstić information content (AvgIpc) is 3.24. The minimum Gasteiger partial charge on any atom is -0.445 e. The third-order valence-electron chi connectivity index (χ3n) is 6.40. The van der Waals surface area contributed by atoms with Gasteiger partial charge in [-0.25, -0.2) is 4.79 Å². The van der Waals surface area contributed by atoms with E-state index < -0.39 is 23.6 Å². The van der Waals surface area contributed by atoms with Gasteiger partial charge in [0.25, 0.3) is 0 Å². The molecule has 2 aromatic carbocycles. The van der Waals surface area contributed by atoms with Crippen LogP contribution in [0.1, 0.15) is 51.2 Å². The van der Waals surface area contributed by atoms with Crippen LogP contribution in [0.15, 0.2) is 60.7 Å². The van der Waals surface area contributed by atoms with Gasteiger partial charge in [0.2, 0.25) is 5.91 Å². The number of carbonyl (C=O) groups excluding carboxylic acids is 3. The number of ketones is 1. The minimum atomic E-state index is -1.07. The molecule has 34 heavy (non-hydrogen) atoms. The molecule has 0 saturated carbocycles. The van der Waals surface area contributed by atoms with Crippen molar-refractivity contribution in [1.82, 2.24) is 10.2 Å². The van der Waals surface area contributed by atoms with E-state index in [1.165, 1.54) is 0 Å². The van der Waals surface area contributed by atoms with Gasteiger partial charge in [-0.2, -0.15) is 0 Å². The number of nitrogens with zero attached hydrogens (tertiary/aromatic N) is 1. The van der Waals surface area contributed by atoms with Crippen LogP contribution in [0.4, 0.5) is 4.79 Å². The van der Waals surface area contributed by atoms with Crippen LogP contribution >= 0.6 is 0 Å². The largest absolute Gasteiger partial charge is 0.445 e. The fraction of sp³-hybridized carbons (Fsp3) is 0.444. The first-order valence-electron chi connectivity index (χ1n) is 11.7. The summed E-state index contributed by atoms with van der Waals surface area (Å²) in [5, 5.41) is 2.74. The number of likely N-dealkylation sites (tertiary alicyclic amines) is 1. The lowest BCUT2D eigenvalue weighted by atomic mass is 9.83. The lowest BCUT2D eigenvalue weighted by molar-refractivity contribution is -0.138. The molecule has 7 nitrogen and oxygen atoms in total. The molecule has 3 rings (SSSR count). The molecule has 3 N–H and O–H groups in total. The second kappa shape index (κ2) is 10.8. The summed E-state index contributed by atoms with van der Waals surface area (Å²) in [5.74, 6) is -0.742. The lowest BCUT2D eigenvalue weighted by Gasteiger charge is -2.44. The molecule has 1 fully saturated rings. The number of Topliss-reactive ketones (excluding diaryl/α,β-unsaturated/α-hetero) is 1. The first-order valence-corrected chi connectivity index (χ1v) is 11.7. The second-order valence-electron chi connectivity index (χ2n) is 9.91. The molecule has 2 atom stereocenters. The van der Waals surface area contributed by atoms with Crippen molar-refractivity contribution in [2.75, 3.05) is 6.54 Å². The number of nitrogens with one attached hydrogen (secondary N) is 1. The first-order chi connectivity index (χ1) is 16.1. The third kappa shape index (κ3) is 6.23. The summed E-state index contributed by atoms with van der Waals surface area (Å²) in [6.45, 7) is 6.83. The molecule has 2 aromatic rings. The number of hydrogen-bond acceptors (Lipinski definition) is 5. The molecule has 1 aliphatic heterocycles. The Bertz CT molecular complexity index is 988. The molecule has 7 heteroatoms. The van der Waals surface area contributed by atoms with E-state index in [2.05, 4.69) is 5.32 Å². The quantitative estimate of drug-likeness (QED) is 0.589. The second-order valence-corrected chi connectivity index (χ2v) is 9.91. The van der Waals surface area contributed by atoms with Crippen LogP contribution in [0.25, 0.3) is 0 Å². The molecular weight excluding hydrogens is 430 g/mol. The van der Waals surface area contributed by atoms with Crippen LogP contribution in [-0.4, -0.2) is 46.3 Å². The van der Waals surface area contributed by atoms with Crippen LogP contribution in [0.5, 0.6) is 0 Å².